The van der Waals surface area contributed by atoms with E-state index in [-0.39, 0.29) is 5.72 Å². The van der Waals surface area contributed by atoms with Gasteiger partial charge >= 0.3 is 0 Å². The second-order valence-corrected chi connectivity index (χ2v) is 4.40. The van der Waals surface area contributed by atoms with Crippen LogP contribution in [-0.2, 0) is 4.74 Å². The molecule has 1 atom stereocenters. The van der Waals surface area contributed by atoms with E-state index >= 15 is 0 Å². The molecule has 0 amide bonds. The first kappa shape index (κ1) is 9.44. The summed E-state index contributed by atoms with van der Waals surface area (Å²) in [7, 11) is 0. The van der Waals surface area contributed by atoms with Gasteiger partial charge in [0, 0.05) is 38.5 Å². The van der Waals surface area contributed by atoms with Gasteiger partial charge in [0.2, 0.25) is 0 Å². The lowest BCUT2D eigenvalue weighted by atomic mass is 9.98. The molecular weight excluding hydrogens is 164 g/mol. The molecule has 2 saturated heterocycles. The Hall–Kier alpha value is -0.120. The minimum Gasteiger partial charge on any atom is -0.359 e. The van der Waals surface area contributed by atoms with Gasteiger partial charge < -0.3 is 4.74 Å². The van der Waals surface area contributed by atoms with E-state index < -0.39 is 0 Å². The summed E-state index contributed by atoms with van der Waals surface area (Å²) >= 11 is 0. The molecule has 2 fully saturated rings. The van der Waals surface area contributed by atoms with Crippen LogP contribution in [0.15, 0.2) is 0 Å². The third-order valence-electron chi connectivity index (χ3n) is 3.27. The van der Waals surface area contributed by atoms with Crippen molar-refractivity contribution in [3.8, 4) is 0 Å². The highest BCUT2D eigenvalue weighted by Gasteiger charge is 2.39. The first-order valence-electron chi connectivity index (χ1n) is 5.35. The van der Waals surface area contributed by atoms with Crippen molar-refractivity contribution in [1.82, 2.24) is 10.2 Å². The van der Waals surface area contributed by atoms with Crippen LogP contribution in [0.5, 0.6) is 0 Å². The van der Waals surface area contributed by atoms with Crippen LogP contribution >= 0.6 is 0 Å². The van der Waals surface area contributed by atoms with Gasteiger partial charge in [-0.05, 0) is 13.8 Å². The Bertz CT molecular complexity index is 178. The lowest BCUT2D eigenvalue weighted by Gasteiger charge is -2.42. The molecule has 0 unspecified atom stereocenters. The second-order valence-electron chi connectivity index (χ2n) is 4.40. The summed E-state index contributed by atoms with van der Waals surface area (Å²) in [6.45, 7) is 8.77. The summed E-state index contributed by atoms with van der Waals surface area (Å²) < 4.78 is 5.85. The summed E-state index contributed by atoms with van der Waals surface area (Å²) in [5.41, 5.74) is 0.0592. The molecule has 2 heterocycles. The van der Waals surface area contributed by atoms with E-state index in [0.717, 1.165) is 26.1 Å². The summed E-state index contributed by atoms with van der Waals surface area (Å²) in [5, 5.41) is 3.41. The van der Waals surface area contributed by atoms with Gasteiger partial charge in [-0.3, -0.25) is 10.2 Å². The van der Waals surface area contributed by atoms with Crippen molar-refractivity contribution in [2.24, 2.45) is 0 Å². The molecule has 0 saturated carbocycles. The quantitative estimate of drug-likeness (QED) is 0.652. The third-order valence-corrected chi connectivity index (χ3v) is 3.27. The normalized spacial score (nSPS) is 36.2. The number of nitrogens with zero attached hydrogens (tertiary/aromatic N) is 1. The fourth-order valence-electron chi connectivity index (χ4n) is 2.12. The second kappa shape index (κ2) is 3.56. The Labute approximate surface area is 80.4 Å². The Balaban J connectivity index is 1.90. The van der Waals surface area contributed by atoms with Crippen molar-refractivity contribution in [2.45, 2.75) is 38.5 Å². The molecule has 0 bridgehead atoms. The van der Waals surface area contributed by atoms with Crippen LogP contribution in [0.4, 0.5) is 0 Å². The van der Waals surface area contributed by atoms with Crippen LogP contribution in [0.2, 0.25) is 0 Å². The van der Waals surface area contributed by atoms with Crippen LogP contribution in [0.3, 0.4) is 0 Å². The van der Waals surface area contributed by atoms with Crippen molar-refractivity contribution in [2.75, 3.05) is 26.2 Å². The van der Waals surface area contributed by atoms with Crippen LogP contribution in [0.1, 0.15) is 26.7 Å². The molecule has 0 aromatic carbocycles. The first-order valence-corrected chi connectivity index (χ1v) is 5.35. The summed E-state index contributed by atoms with van der Waals surface area (Å²) in [6.07, 6.45) is 2.34. The third kappa shape index (κ3) is 1.87. The van der Waals surface area contributed by atoms with Gasteiger partial charge in [-0.1, -0.05) is 0 Å². The molecule has 0 aromatic heterocycles. The minimum atomic E-state index is 0.0592. The predicted molar refractivity (Wildman–Crippen MR) is 52.6 cm³/mol. The van der Waals surface area contributed by atoms with Gasteiger partial charge in [-0.2, -0.15) is 0 Å². The van der Waals surface area contributed by atoms with Gasteiger partial charge in [0.15, 0.2) is 0 Å². The molecule has 13 heavy (non-hydrogen) atoms. The fourth-order valence-corrected chi connectivity index (χ4v) is 2.12. The maximum absolute atomic E-state index is 5.85. The minimum absolute atomic E-state index is 0.0592. The first-order chi connectivity index (χ1) is 6.22. The van der Waals surface area contributed by atoms with Gasteiger partial charge in [-0.25, -0.2) is 0 Å². The van der Waals surface area contributed by atoms with Crippen LogP contribution in [0.25, 0.3) is 0 Å². The van der Waals surface area contributed by atoms with Gasteiger partial charge in [0.1, 0.15) is 5.72 Å². The average Bonchev–Trinajstić information content (AvgIpc) is 2.24. The Kier molecular flexibility index (Phi) is 2.58. The van der Waals surface area contributed by atoms with Gasteiger partial charge in [0.05, 0.1) is 6.61 Å². The highest BCUT2D eigenvalue weighted by atomic mass is 16.5. The van der Waals surface area contributed by atoms with Crippen molar-refractivity contribution in [1.29, 1.82) is 0 Å². The van der Waals surface area contributed by atoms with E-state index in [0.29, 0.717) is 6.04 Å². The number of rotatable bonds is 1. The van der Waals surface area contributed by atoms with Crippen molar-refractivity contribution >= 4 is 0 Å². The van der Waals surface area contributed by atoms with Gasteiger partial charge in [-0.15, -0.1) is 0 Å². The standard InChI is InChI=1S/C10H20N2O/c1-9(2)12-6-4-10(3-5-11-10)13-8-7-12/h9,11H,3-8H2,1-2H3/t10-/m0/s1. The number of hydrogen-bond donors (Lipinski definition) is 1. The van der Waals surface area contributed by atoms with Crippen molar-refractivity contribution < 1.29 is 4.74 Å². The number of ether oxygens (including phenoxy) is 1. The fraction of sp³-hybridized carbons (Fsp3) is 1.00. The molecule has 1 spiro atoms. The number of nitrogens with one attached hydrogen (secondary N) is 1. The zero-order chi connectivity index (χ0) is 9.31. The molecule has 76 valence electrons. The van der Waals surface area contributed by atoms with E-state index in [1.807, 2.05) is 0 Å². The average molecular weight is 184 g/mol. The van der Waals surface area contributed by atoms with Crippen molar-refractivity contribution in [3.05, 3.63) is 0 Å². The SMILES string of the molecule is CC(C)N1CCO[C@@]2(CCN2)CC1. The maximum atomic E-state index is 5.85. The summed E-state index contributed by atoms with van der Waals surface area (Å²) in [5.74, 6) is 0. The molecule has 3 nitrogen and oxygen atoms in total. The lowest BCUT2D eigenvalue weighted by molar-refractivity contribution is -0.110. The topological polar surface area (TPSA) is 24.5 Å². The van der Waals surface area contributed by atoms with E-state index in [4.69, 9.17) is 4.74 Å². The van der Waals surface area contributed by atoms with E-state index in [1.165, 1.54) is 13.0 Å². The smallest absolute Gasteiger partial charge is 0.121 e. The van der Waals surface area contributed by atoms with E-state index in [9.17, 15) is 0 Å². The predicted octanol–water partition coefficient (Wildman–Crippen LogP) is 0.807. The highest BCUT2D eigenvalue weighted by Crippen LogP contribution is 2.27. The maximum Gasteiger partial charge on any atom is 0.121 e. The molecule has 0 radical (unpaired) electrons. The number of hydrogen-bond acceptors (Lipinski definition) is 3. The largest absolute Gasteiger partial charge is 0.359 e. The molecule has 3 heteroatoms. The Morgan fingerprint density at radius 2 is 2.08 bits per heavy atom. The van der Waals surface area contributed by atoms with Gasteiger partial charge in [0.25, 0.3) is 0 Å². The zero-order valence-electron chi connectivity index (χ0n) is 8.68. The van der Waals surface area contributed by atoms with Crippen LogP contribution in [0, 0.1) is 0 Å². The molecule has 2 aliphatic rings. The van der Waals surface area contributed by atoms with Crippen LogP contribution in [-0.4, -0.2) is 42.9 Å². The van der Waals surface area contributed by atoms with E-state index in [2.05, 4.69) is 24.1 Å². The monoisotopic (exact) mass is 184 g/mol. The zero-order valence-corrected chi connectivity index (χ0v) is 8.68. The summed E-state index contributed by atoms with van der Waals surface area (Å²) in [4.78, 5) is 2.49. The van der Waals surface area contributed by atoms with Crippen molar-refractivity contribution in [3.63, 3.8) is 0 Å². The Morgan fingerprint density at radius 3 is 2.62 bits per heavy atom. The molecular formula is C10H20N2O. The molecule has 2 rings (SSSR count). The van der Waals surface area contributed by atoms with E-state index in [1.54, 1.807) is 0 Å². The highest BCUT2D eigenvalue weighted by molar-refractivity contribution is 4.90. The van der Waals surface area contributed by atoms with Crippen LogP contribution < -0.4 is 5.32 Å². The lowest BCUT2D eigenvalue weighted by Crippen LogP contribution is -2.59. The Morgan fingerprint density at radius 1 is 1.31 bits per heavy atom. The molecule has 1 N–H and O–H groups in total. The molecule has 0 aromatic rings. The molecule has 2 aliphatic heterocycles. The summed E-state index contributed by atoms with van der Waals surface area (Å²) in [6, 6.07) is 0.652. The molecule has 0 aliphatic carbocycles.